The van der Waals surface area contributed by atoms with Gasteiger partial charge in [0.25, 0.3) is 0 Å². The van der Waals surface area contributed by atoms with Crippen LogP contribution in [0, 0.1) is 0 Å². The van der Waals surface area contributed by atoms with Crippen molar-refractivity contribution in [1.29, 1.82) is 0 Å². The van der Waals surface area contributed by atoms with Gasteiger partial charge in [0.15, 0.2) is 0 Å². The van der Waals surface area contributed by atoms with Crippen LogP contribution in [-0.4, -0.2) is 5.54 Å². The standard InChI is InChI=1S/C15H19NS2/c1-15(2,3)16-11-12-7-4-5-8-13(12)18-14-9-6-10-17-14/h4-10,16H,11H2,1-3H3. The van der Waals surface area contributed by atoms with Gasteiger partial charge in [0.1, 0.15) is 0 Å². The zero-order chi connectivity index (χ0) is 13.0. The maximum absolute atomic E-state index is 3.55. The largest absolute Gasteiger partial charge is 0.308 e. The first kappa shape index (κ1) is 13.7. The lowest BCUT2D eigenvalue weighted by molar-refractivity contribution is 0.422. The third-order valence-electron chi connectivity index (χ3n) is 2.49. The van der Waals surface area contributed by atoms with Crippen LogP contribution in [0.5, 0.6) is 0 Å². The van der Waals surface area contributed by atoms with Crippen LogP contribution in [0.15, 0.2) is 50.9 Å². The molecule has 0 amide bonds. The normalized spacial score (nSPS) is 11.7. The van der Waals surface area contributed by atoms with Gasteiger partial charge < -0.3 is 5.32 Å². The number of rotatable bonds is 4. The number of benzene rings is 1. The van der Waals surface area contributed by atoms with Gasteiger partial charge in [0, 0.05) is 17.0 Å². The molecule has 18 heavy (non-hydrogen) atoms. The molecule has 0 spiro atoms. The molecule has 1 aromatic heterocycles. The average molecular weight is 277 g/mol. The lowest BCUT2D eigenvalue weighted by atomic mass is 10.1. The molecule has 0 radical (unpaired) electrons. The second-order valence-electron chi connectivity index (χ2n) is 5.25. The van der Waals surface area contributed by atoms with Gasteiger partial charge in [-0.25, -0.2) is 0 Å². The summed E-state index contributed by atoms with van der Waals surface area (Å²) in [7, 11) is 0. The molecule has 0 saturated heterocycles. The van der Waals surface area contributed by atoms with E-state index in [1.807, 2.05) is 11.8 Å². The van der Waals surface area contributed by atoms with Crippen LogP contribution in [-0.2, 0) is 6.54 Å². The Morgan fingerprint density at radius 2 is 1.89 bits per heavy atom. The van der Waals surface area contributed by atoms with Crippen LogP contribution in [0.1, 0.15) is 26.3 Å². The Balaban J connectivity index is 2.10. The molecular weight excluding hydrogens is 258 g/mol. The monoisotopic (exact) mass is 277 g/mol. The van der Waals surface area contributed by atoms with E-state index in [2.05, 4.69) is 67.9 Å². The quantitative estimate of drug-likeness (QED) is 0.862. The zero-order valence-electron chi connectivity index (χ0n) is 11.1. The summed E-state index contributed by atoms with van der Waals surface area (Å²) in [5.74, 6) is 0. The summed E-state index contributed by atoms with van der Waals surface area (Å²) in [6.07, 6.45) is 0. The van der Waals surface area contributed by atoms with E-state index in [-0.39, 0.29) is 5.54 Å². The Hall–Kier alpha value is -0.770. The molecule has 0 aliphatic carbocycles. The highest BCUT2D eigenvalue weighted by atomic mass is 32.2. The summed E-state index contributed by atoms with van der Waals surface area (Å²) in [6, 6.07) is 12.9. The van der Waals surface area contributed by atoms with Crippen molar-refractivity contribution < 1.29 is 0 Å². The van der Waals surface area contributed by atoms with Gasteiger partial charge in [-0.15, -0.1) is 11.3 Å². The lowest BCUT2D eigenvalue weighted by Crippen LogP contribution is -2.35. The van der Waals surface area contributed by atoms with E-state index in [1.165, 1.54) is 14.7 Å². The third kappa shape index (κ3) is 4.16. The molecule has 96 valence electrons. The Morgan fingerprint density at radius 1 is 1.11 bits per heavy atom. The van der Waals surface area contributed by atoms with Crippen LogP contribution in [0.4, 0.5) is 0 Å². The fourth-order valence-electron chi connectivity index (χ4n) is 1.54. The summed E-state index contributed by atoms with van der Waals surface area (Å²) in [5, 5.41) is 5.67. The molecule has 0 bridgehead atoms. The predicted molar refractivity (Wildman–Crippen MR) is 81.5 cm³/mol. The van der Waals surface area contributed by atoms with E-state index in [1.54, 1.807) is 11.3 Å². The molecule has 0 atom stereocenters. The summed E-state index contributed by atoms with van der Waals surface area (Å²) < 4.78 is 1.35. The van der Waals surface area contributed by atoms with E-state index in [0.29, 0.717) is 0 Å². The van der Waals surface area contributed by atoms with Crippen molar-refractivity contribution in [2.24, 2.45) is 0 Å². The maximum atomic E-state index is 3.55. The molecule has 1 nitrogen and oxygen atoms in total. The van der Waals surface area contributed by atoms with Gasteiger partial charge in [-0.3, -0.25) is 0 Å². The predicted octanol–water partition coefficient (Wildman–Crippen LogP) is 4.79. The molecule has 1 aromatic carbocycles. The second kappa shape index (κ2) is 5.91. The second-order valence-corrected chi connectivity index (χ2v) is 7.54. The highest BCUT2D eigenvalue weighted by Gasteiger charge is 2.10. The SMILES string of the molecule is CC(C)(C)NCc1ccccc1Sc1cccs1. The van der Waals surface area contributed by atoms with Crippen LogP contribution in [0.2, 0.25) is 0 Å². The van der Waals surface area contributed by atoms with Gasteiger partial charge in [-0.05, 0) is 43.8 Å². The van der Waals surface area contributed by atoms with Crippen molar-refractivity contribution in [3.63, 3.8) is 0 Å². The van der Waals surface area contributed by atoms with Crippen LogP contribution < -0.4 is 5.32 Å². The molecule has 0 aliphatic rings. The summed E-state index contributed by atoms with van der Waals surface area (Å²) in [4.78, 5) is 1.34. The molecule has 1 heterocycles. The topological polar surface area (TPSA) is 12.0 Å². The Kier molecular flexibility index (Phi) is 4.49. The van der Waals surface area contributed by atoms with Gasteiger partial charge in [0.2, 0.25) is 0 Å². The highest BCUT2D eigenvalue weighted by Crippen LogP contribution is 2.33. The molecule has 1 N–H and O–H groups in total. The number of thiophene rings is 1. The summed E-state index contributed by atoms with van der Waals surface area (Å²) in [5.41, 5.74) is 1.52. The molecular formula is C15H19NS2. The van der Waals surface area contributed by atoms with Gasteiger partial charge in [-0.1, -0.05) is 36.0 Å². The van der Waals surface area contributed by atoms with Crippen molar-refractivity contribution in [2.75, 3.05) is 0 Å². The average Bonchev–Trinajstić information content (AvgIpc) is 2.80. The van der Waals surface area contributed by atoms with Gasteiger partial charge in [-0.2, -0.15) is 0 Å². The Bertz CT molecular complexity index is 483. The van der Waals surface area contributed by atoms with Crippen LogP contribution in [0.25, 0.3) is 0 Å². The summed E-state index contributed by atoms with van der Waals surface area (Å²) in [6.45, 7) is 7.50. The molecule has 0 unspecified atom stereocenters. The van der Waals surface area contributed by atoms with E-state index >= 15 is 0 Å². The smallest absolute Gasteiger partial charge is 0.0646 e. The minimum absolute atomic E-state index is 0.153. The van der Waals surface area contributed by atoms with Crippen molar-refractivity contribution in [3.8, 4) is 0 Å². The fourth-order valence-corrected chi connectivity index (χ4v) is 3.40. The Morgan fingerprint density at radius 3 is 2.56 bits per heavy atom. The van der Waals surface area contributed by atoms with E-state index < -0.39 is 0 Å². The first-order valence-corrected chi connectivity index (χ1v) is 7.78. The van der Waals surface area contributed by atoms with Gasteiger partial charge in [0.05, 0.1) is 4.21 Å². The number of hydrogen-bond acceptors (Lipinski definition) is 3. The minimum Gasteiger partial charge on any atom is -0.308 e. The molecule has 2 aromatic rings. The molecule has 0 saturated carbocycles. The van der Waals surface area contributed by atoms with E-state index in [4.69, 9.17) is 0 Å². The lowest BCUT2D eigenvalue weighted by Gasteiger charge is -2.21. The van der Waals surface area contributed by atoms with Crippen molar-refractivity contribution >= 4 is 23.1 Å². The molecule has 3 heteroatoms. The van der Waals surface area contributed by atoms with Gasteiger partial charge >= 0.3 is 0 Å². The first-order chi connectivity index (χ1) is 8.54. The molecule has 0 fully saturated rings. The number of nitrogens with one attached hydrogen (secondary N) is 1. The zero-order valence-corrected chi connectivity index (χ0v) is 12.7. The van der Waals surface area contributed by atoms with Crippen LogP contribution in [0.3, 0.4) is 0 Å². The van der Waals surface area contributed by atoms with Crippen molar-refractivity contribution in [1.82, 2.24) is 5.32 Å². The minimum atomic E-state index is 0.153. The highest BCUT2D eigenvalue weighted by molar-refractivity contribution is 8.01. The molecule has 2 rings (SSSR count). The summed E-state index contributed by atoms with van der Waals surface area (Å²) >= 11 is 3.64. The van der Waals surface area contributed by atoms with Crippen molar-refractivity contribution in [2.45, 2.75) is 42.0 Å². The Labute approximate surface area is 118 Å². The van der Waals surface area contributed by atoms with Crippen molar-refractivity contribution in [3.05, 3.63) is 47.3 Å². The third-order valence-corrected chi connectivity index (χ3v) is 4.64. The molecule has 0 aliphatic heterocycles. The van der Waals surface area contributed by atoms with E-state index in [9.17, 15) is 0 Å². The fraction of sp³-hybridized carbons (Fsp3) is 0.333. The first-order valence-electron chi connectivity index (χ1n) is 6.09. The number of hydrogen-bond donors (Lipinski definition) is 1. The van der Waals surface area contributed by atoms with E-state index in [0.717, 1.165) is 6.54 Å². The van der Waals surface area contributed by atoms with Crippen LogP contribution >= 0.6 is 23.1 Å². The maximum Gasteiger partial charge on any atom is 0.0646 e.